The normalized spacial score (nSPS) is 11.3. The van der Waals surface area contributed by atoms with Crippen molar-refractivity contribution >= 4 is 56.5 Å². The number of benzene rings is 4. The third-order valence-corrected chi connectivity index (χ3v) is 6.59. The van der Waals surface area contributed by atoms with E-state index in [1.165, 1.54) is 66.9 Å². The molecule has 13 heteroatoms. The van der Waals surface area contributed by atoms with Crippen molar-refractivity contribution in [3.8, 4) is 17.1 Å². The summed E-state index contributed by atoms with van der Waals surface area (Å²) < 4.78 is 7.23. The lowest BCUT2D eigenvalue weighted by Gasteiger charge is -2.10. The highest BCUT2D eigenvalue weighted by Gasteiger charge is 2.15. The molecule has 4 aromatic carbocycles. The van der Waals surface area contributed by atoms with Crippen LogP contribution in [0.2, 0.25) is 0 Å². The molecule has 0 saturated heterocycles. The number of hydrogen-bond acceptors (Lipinski definition) is 9. The van der Waals surface area contributed by atoms with E-state index in [2.05, 4.69) is 26.0 Å². The van der Waals surface area contributed by atoms with Gasteiger partial charge >= 0.3 is 5.97 Å². The van der Waals surface area contributed by atoms with Gasteiger partial charge in [0.15, 0.2) is 5.82 Å². The number of esters is 1. The van der Waals surface area contributed by atoms with Gasteiger partial charge in [0, 0.05) is 45.9 Å². The second kappa shape index (κ2) is 12.4. The first kappa shape index (κ1) is 28.7. The number of ether oxygens (including phenoxy) is 1. The second-order valence-electron chi connectivity index (χ2n) is 8.90. The first-order valence-electron chi connectivity index (χ1n) is 12.4. The number of fused-ring (bicyclic) bond motifs is 1. The number of rotatable bonds is 8. The minimum atomic E-state index is -0.716. The van der Waals surface area contributed by atoms with Crippen LogP contribution in [0.1, 0.15) is 11.1 Å². The second-order valence-corrected chi connectivity index (χ2v) is 9.82. The fourth-order valence-electron chi connectivity index (χ4n) is 4.00. The molecule has 0 bridgehead atoms. The minimum Gasteiger partial charge on any atom is -0.423 e. The Hall–Kier alpha value is -5.82. The van der Waals surface area contributed by atoms with Crippen LogP contribution in [0.15, 0.2) is 111 Å². The number of nitrogens with zero attached hydrogens (tertiary/aromatic N) is 5. The summed E-state index contributed by atoms with van der Waals surface area (Å²) in [6.45, 7) is 0. The number of halogens is 1. The van der Waals surface area contributed by atoms with Crippen molar-refractivity contribution in [1.82, 2.24) is 9.66 Å². The van der Waals surface area contributed by atoms with Crippen LogP contribution >= 0.6 is 15.9 Å². The number of non-ortho nitro benzene ring substituents is 2. The molecule has 212 valence electrons. The summed E-state index contributed by atoms with van der Waals surface area (Å²) in [6.07, 6.45) is 3.96. The molecule has 0 aliphatic rings. The number of nitro groups is 2. The molecule has 5 aromatic rings. The average molecular weight is 640 g/mol. The molecule has 0 saturated carbocycles. The fourth-order valence-corrected chi connectivity index (χ4v) is 4.38. The lowest BCUT2D eigenvalue weighted by Crippen LogP contribution is -2.20. The molecule has 0 atom stereocenters. The minimum absolute atomic E-state index is 0.0732. The molecule has 0 aliphatic carbocycles. The molecule has 1 aromatic heterocycles. The monoisotopic (exact) mass is 639 g/mol. The quantitative estimate of drug-likeness (QED) is 0.0488. The largest absolute Gasteiger partial charge is 0.423 e. The summed E-state index contributed by atoms with van der Waals surface area (Å²) in [7, 11) is 0. The van der Waals surface area contributed by atoms with Crippen molar-refractivity contribution in [2.45, 2.75) is 0 Å². The molecule has 0 unspecified atom stereocenters. The maximum atomic E-state index is 13.5. The Labute approximate surface area is 250 Å². The van der Waals surface area contributed by atoms with Gasteiger partial charge < -0.3 is 4.74 Å². The number of hydrogen-bond donors (Lipinski definition) is 0. The van der Waals surface area contributed by atoms with Crippen LogP contribution in [-0.4, -0.2) is 31.7 Å². The van der Waals surface area contributed by atoms with Gasteiger partial charge in [-0.15, -0.1) is 0 Å². The van der Waals surface area contributed by atoms with E-state index < -0.39 is 21.4 Å². The molecule has 5 rings (SSSR count). The summed E-state index contributed by atoms with van der Waals surface area (Å²) in [4.78, 5) is 51.6. The number of carbonyl (C=O) groups excluding carboxylic acids is 1. The number of aromatic nitrogens is 2. The van der Waals surface area contributed by atoms with Crippen LogP contribution in [0.3, 0.4) is 0 Å². The molecule has 43 heavy (non-hydrogen) atoms. The van der Waals surface area contributed by atoms with E-state index in [1.54, 1.807) is 42.5 Å². The highest BCUT2D eigenvalue weighted by atomic mass is 79.9. The first-order chi connectivity index (χ1) is 20.7. The standard InChI is InChI=1S/C30H18BrN5O7/c31-22-10-15-27(43-28(37)16-7-19-5-11-23(12-6-19)35(39)40)21(17-22)18-32-34-29(20-8-13-24(14-9-20)36(41)42)33-26-4-2-1-3-25(26)30(34)38/h1-18H/b16-7+,32-18?. The van der Waals surface area contributed by atoms with Gasteiger partial charge in [0.2, 0.25) is 0 Å². The van der Waals surface area contributed by atoms with Gasteiger partial charge in [0.25, 0.3) is 16.9 Å². The van der Waals surface area contributed by atoms with Crippen LogP contribution in [0.25, 0.3) is 28.4 Å². The van der Waals surface area contributed by atoms with E-state index >= 15 is 0 Å². The molecule has 0 amide bonds. The van der Waals surface area contributed by atoms with Crippen molar-refractivity contribution < 1.29 is 19.4 Å². The predicted octanol–water partition coefficient (Wildman–Crippen LogP) is 6.14. The molecule has 0 N–H and O–H groups in total. The van der Waals surface area contributed by atoms with Crippen molar-refractivity contribution in [3.63, 3.8) is 0 Å². The fraction of sp³-hybridized carbons (Fsp3) is 0. The van der Waals surface area contributed by atoms with Crippen molar-refractivity contribution in [2.24, 2.45) is 5.10 Å². The van der Waals surface area contributed by atoms with Crippen LogP contribution in [0.5, 0.6) is 5.75 Å². The molecule has 0 fully saturated rings. The average Bonchev–Trinajstić information content (AvgIpc) is 3.01. The van der Waals surface area contributed by atoms with Gasteiger partial charge in [0.1, 0.15) is 5.75 Å². The SMILES string of the molecule is O=C(/C=C/c1ccc([N+](=O)[O-])cc1)Oc1ccc(Br)cc1C=Nn1c(-c2ccc([N+](=O)[O-])cc2)nc2ccccc2c1=O. The van der Waals surface area contributed by atoms with Gasteiger partial charge in [-0.1, -0.05) is 28.1 Å². The van der Waals surface area contributed by atoms with Crippen molar-refractivity contribution in [3.05, 3.63) is 143 Å². The number of para-hydroxylation sites is 1. The maximum absolute atomic E-state index is 13.5. The van der Waals surface area contributed by atoms with Gasteiger partial charge in [-0.2, -0.15) is 9.78 Å². The zero-order valence-electron chi connectivity index (χ0n) is 21.9. The van der Waals surface area contributed by atoms with E-state index in [9.17, 15) is 29.8 Å². The highest BCUT2D eigenvalue weighted by molar-refractivity contribution is 9.10. The van der Waals surface area contributed by atoms with E-state index in [0.29, 0.717) is 32.1 Å². The van der Waals surface area contributed by atoms with Crippen LogP contribution < -0.4 is 10.3 Å². The van der Waals surface area contributed by atoms with Crippen LogP contribution in [-0.2, 0) is 4.79 Å². The molecule has 0 aliphatic heterocycles. The van der Waals surface area contributed by atoms with E-state index in [4.69, 9.17) is 4.74 Å². The van der Waals surface area contributed by atoms with Gasteiger partial charge in [-0.3, -0.25) is 25.0 Å². The lowest BCUT2D eigenvalue weighted by molar-refractivity contribution is -0.385. The number of carbonyl (C=O) groups is 1. The van der Waals surface area contributed by atoms with Gasteiger partial charge in [0.05, 0.1) is 27.0 Å². The molecule has 12 nitrogen and oxygen atoms in total. The maximum Gasteiger partial charge on any atom is 0.336 e. The lowest BCUT2D eigenvalue weighted by atomic mass is 10.1. The molecule has 0 radical (unpaired) electrons. The Kier molecular flexibility index (Phi) is 8.25. The number of nitro benzene ring substituents is 2. The smallest absolute Gasteiger partial charge is 0.336 e. The summed E-state index contributed by atoms with van der Waals surface area (Å²) in [5.74, 6) is -0.426. The molecule has 0 spiro atoms. The Morgan fingerprint density at radius 2 is 1.56 bits per heavy atom. The molecule has 1 heterocycles. The Bertz CT molecular complexity index is 2000. The topological polar surface area (TPSA) is 160 Å². The van der Waals surface area contributed by atoms with E-state index in [1.807, 2.05) is 0 Å². The van der Waals surface area contributed by atoms with Crippen molar-refractivity contribution in [2.75, 3.05) is 0 Å². The zero-order valence-corrected chi connectivity index (χ0v) is 23.5. The Morgan fingerprint density at radius 1 is 0.907 bits per heavy atom. The van der Waals surface area contributed by atoms with Gasteiger partial charge in [-0.25, -0.2) is 9.78 Å². The summed E-state index contributed by atoms with van der Waals surface area (Å²) >= 11 is 3.38. The molecular formula is C30H18BrN5O7. The van der Waals surface area contributed by atoms with Crippen molar-refractivity contribution in [1.29, 1.82) is 0 Å². The van der Waals surface area contributed by atoms with E-state index in [-0.39, 0.29) is 22.9 Å². The van der Waals surface area contributed by atoms with Gasteiger partial charge in [-0.05, 0) is 66.2 Å². The van der Waals surface area contributed by atoms with E-state index in [0.717, 1.165) is 4.68 Å². The first-order valence-corrected chi connectivity index (χ1v) is 13.2. The Balaban J connectivity index is 1.48. The summed E-state index contributed by atoms with van der Waals surface area (Å²) in [5.41, 5.74) is 1.08. The van der Waals surface area contributed by atoms with Crippen LogP contribution in [0.4, 0.5) is 11.4 Å². The van der Waals surface area contributed by atoms with Crippen LogP contribution in [0, 0.1) is 20.2 Å². The third kappa shape index (κ3) is 6.57. The summed E-state index contributed by atoms with van der Waals surface area (Å²) in [5, 5.41) is 26.7. The Morgan fingerprint density at radius 3 is 2.23 bits per heavy atom. The highest BCUT2D eigenvalue weighted by Crippen LogP contribution is 2.25. The molecular weight excluding hydrogens is 622 g/mol. The predicted molar refractivity (Wildman–Crippen MR) is 163 cm³/mol. The zero-order chi connectivity index (χ0) is 30.5. The summed E-state index contributed by atoms with van der Waals surface area (Å²) in [6, 6.07) is 22.8. The third-order valence-electron chi connectivity index (χ3n) is 6.10.